The number of nitrogens with one attached hydrogen (secondary N) is 2. The zero-order chi connectivity index (χ0) is 29.5. The molecule has 4 aromatic rings. The predicted octanol–water partition coefficient (Wildman–Crippen LogP) is 4.90. The molecule has 10 heteroatoms. The molecule has 2 aliphatic heterocycles. The second-order valence-electron chi connectivity index (χ2n) is 10.6. The molecule has 42 heavy (non-hydrogen) atoms. The van der Waals surface area contributed by atoms with Crippen molar-refractivity contribution in [2.75, 3.05) is 16.9 Å². The molecule has 9 nitrogen and oxygen atoms in total. The lowest BCUT2D eigenvalue weighted by Gasteiger charge is -2.36. The smallest absolute Gasteiger partial charge is 0.332 e. The summed E-state index contributed by atoms with van der Waals surface area (Å²) in [4.78, 5) is 59.8. The number of aryl methyl sites for hydroxylation is 1. The monoisotopic (exact) mass is 582 g/mol. The number of aliphatic carboxylic acids is 1. The van der Waals surface area contributed by atoms with Crippen LogP contribution in [0, 0.1) is 6.92 Å². The van der Waals surface area contributed by atoms with Crippen LogP contribution in [0.3, 0.4) is 0 Å². The zero-order valence-electron chi connectivity index (χ0n) is 23.2. The van der Waals surface area contributed by atoms with Crippen molar-refractivity contribution in [3.63, 3.8) is 0 Å². The van der Waals surface area contributed by atoms with Crippen molar-refractivity contribution in [3.8, 4) is 0 Å². The van der Waals surface area contributed by atoms with Crippen LogP contribution in [-0.4, -0.2) is 62.9 Å². The first-order chi connectivity index (χ1) is 20.3. The number of hydrogen-bond acceptors (Lipinski definition) is 5. The number of anilines is 1. The summed E-state index contributed by atoms with van der Waals surface area (Å²) in [7, 11) is 0. The fourth-order valence-electron chi connectivity index (χ4n) is 5.98. The van der Waals surface area contributed by atoms with E-state index in [1.54, 1.807) is 23.1 Å². The highest BCUT2D eigenvalue weighted by Gasteiger charge is 2.53. The quantitative estimate of drug-likeness (QED) is 0.254. The van der Waals surface area contributed by atoms with Crippen molar-refractivity contribution >= 4 is 52.2 Å². The fraction of sp³-hybridized carbons (Fsp3) is 0.250. The van der Waals surface area contributed by atoms with Crippen molar-refractivity contribution in [1.82, 2.24) is 15.2 Å². The van der Waals surface area contributed by atoms with E-state index in [2.05, 4.69) is 10.3 Å². The van der Waals surface area contributed by atoms with Gasteiger partial charge in [0, 0.05) is 23.0 Å². The second kappa shape index (κ2) is 11.0. The number of benzene rings is 3. The van der Waals surface area contributed by atoms with Crippen molar-refractivity contribution in [2.24, 2.45) is 0 Å². The molecule has 0 spiro atoms. The SMILES string of the molecule is CSCC[C@H](NC(=O)c1ccccc1N1C(=O)[C@@H]2Cc3c([nH]c4ccccc34)[C@@H](c3ccc(C)cc3)N2C1=O)C(=O)O. The standard InChI is InChI=1S/C32H30N4O5S/c1-18-11-13-19(14-12-18)28-27-22(20-7-3-5-9-23(20)33-27)17-26-30(38)36(32(41)35(26)28)25-10-6-4-8-21(25)29(37)34-24(31(39)40)15-16-42-2/h3-14,24,26,28,33H,15-17H2,1-2H3,(H,34,37)(H,39,40)/t24-,26-,28+/m0/s1. The van der Waals surface area contributed by atoms with Gasteiger partial charge in [0.2, 0.25) is 0 Å². The number of nitrogens with zero attached hydrogens (tertiary/aromatic N) is 2. The van der Waals surface area contributed by atoms with Crippen molar-refractivity contribution in [1.29, 1.82) is 0 Å². The van der Waals surface area contributed by atoms with Crippen LogP contribution >= 0.6 is 11.8 Å². The summed E-state index contributed by atoms with van der Waals surface area (Å²) in [6.07, 6.45) is 2.43. The molecule has 0 saturated carbocycles. The average Bonchev–Trinajstić information content (AvgIpc) is 3.48. The number of thioether (sulfide) groups is 1. The largest absolute Gasteiger partial charge is 0.480 e. The van der Waals surface area contributed by atoms with Crippen LogP contribution in [0.2, 0.25) is 0 Å². The van der Waals surface area contributed by atoms with Gasteiger partial charge in [0.05, 0.1) is 11.3 Å². The van der Waals surface area contributed by atoms with Gasteiger partial charge in [-0.05, 0) is 54.7 Å². The Labute approximate surface area is 246 Å². The molecule has 1 fully saturated rings. The maximum Gasteiger partial charge on any atom is 0.332 e. The topological polar surface area (TPSA) is 123 Å². The summed E-state index contributed by atoms with van der Waals surface area (Å²) >= 11 is 1.48. The average molecular weight is 583 g/mol. The van der Waals surface area contributed by atoms with Crippen LogP contribution in [0.1, 0.15) is 45.2 Å². The lowest BCUT2D eigenvalue weighted by Crippen LogP contribution is -2.44. The molecule has 0 aliphatic carbocycles. The number of carbonyl (C=O) groups excluding carboxylic acids is 3. The van der Waals surface area contributed by atoms with E-state index in [0.29, 0.717) is 12.2 Å². The van der Waals surface area contributed by atoms with Gasteiger partial charge in [0.1, 0.15) is 18.1 Å². The Kier molecular flexibility index (Phi) is 7.24. The summed E-state index contributed by atoms with van der Waals surface area (Å²) in [6.45, 7) is 1.99. The Morgan fingerprint density at radius 2 is 1.76 bits per heavy atom. The summed E-state index contributed by atoms with van der Waals surface area (Å²) in [5.41, 5.74) is 4.92. The Bertz CT molecular complexity index is 1720. The molecular weight excluding hydrogens is 552 g/mol. The van der Waals surface area contributed by atoms with Crippen LogP contribution in [0.25, 0.3) is 10.9 Å². The third kappa shape index (κ3) is 4.61. The fourth-order valence-corrected chi connectivity index (χ4v) is 6.45. The molecule has 214 valence electrons. The van der Waals surface area contributed by atoms with Crippen LogP contribution in [0.5, 0.6) is 0 Å². The van der Waals surface area contributed by atoms with E-state index in [1.807, 2.05) is 61.7 Å². The number of carbonyl (C=O) groups is 4. The van der Waals surface area contributed by atoms with Gasteiger partial charge in [-0.15, -0.1) is 0 Å². The summed E-state index contributed by atoms with van der Waals surface area (Å²) in [6, 6.07) is 19.2. The number of para-hydroxylation sites is 2. The Hall–Kier alpha value is -4.57. The van der Waals surface area contributed by atoms with Gasteiger partial charge in [0.15, 0.2) is 0 Å². The first kappa shape index (κ1) is 27.6. The van der Waals surface area contributed by atoms with Gasteiger partial charge in [-0.3, -0.25) is 14.5 Å². The van der Waals surface area contributed by atoms with E-state index in [-0.39, 0.29) is 17.7 Å². The number of carboxylic acid groups (broad SMARTS) is 1. The Balaban J connectivity index is 1.41. The van der Waals surface area contributed by atoms with E-state index in [4.69, 9.17) is 0 Å². The predicted molar refractivity (Wildman–Crippen MR) is 162 cm³/mol. The number of fused-ring (bicyclic) bond motifs is 4. The van der Waals surface area contributed by atoms with Gasteiger partial charge < -0.3 is 15.4 Å². The van der Waals surface area contributed by atoms with Gasteiger partial charge in [-0.1, -0.05) is 60.2 Å². The second-order valence-corrected chi connectivity index (χ2v) is 11.6. The first-order valence-electron chi connectivity index (χ1n) is 13.7. The molecule has 0 radical (unpaired) electrons. The number of aromatic nitrogens is 1. The van der Waals surface area contributed by atoms with Gasteiger partial charge in [-0.2, -0.15) is 11.8 Å². The van der Waals surface area contributed by atoms with Crippen molar-refractivity contribution < 1.29 is 24.3 Å². The molecule has 4 amide bonds. The van der Waals surface area contributed by atoms with Crippen molar-refractivity contribution in [3.05, 3.63) is 101 Å². The van der Waals surface area contributed by atoms with Crippen LogP contribution < -0.4 is 10.2 Å². The van der Waals surface area contributed by atoms with Crippen LogP contribution in [0.15, 0.2) is 72.8 Å². The minimum atomic E-state index is -1.14. The van der Waals surface area contributed by atoms with Crippen LogP contribution in [-0.2, 0) is 16.0 Å². The first-order valence-corrected chi connectivity index (χ1v) is 15.1. The maximum absolute atomic E-state index is 14.3. The van der Waals surface area contributed by atoms with Crippen LogP contribution in [0.4, 0.5) is 10.5 Å². The number of hydrogen-bond donors (Lipinski definition) is 3. The number of amides is 4. The normalized spacial score (nSPS) is 18.6. The lowest BCUT2D eigenvalue weighted by molar-refractivity contribution is -0.139. The molecular formula is C32H30N4O5S. The van der Waals surface area contributed by atoms with E-state index in [9.17, 15) is 24.3 Å². The Morgan fingerprint density at radius 3 is 2.50 bits per heavy atom. The minimum Gasteiger partial charge on any atom is -0.480 e. The van der Waals surface area contributed by atoms with E-state index < -0.39 is 41.9 Å². The number of aromatic amines is 1. The highest BCUT2D eigenvalue weighted by Crippen LogP contribution is 2.45. The van der Waals surface area contributed by atoms with Crippen molar-refractivity contribution in [2.45, 2.75) is 37.9 Å². The third-order valence-corrected chi connectivity index (χ3v) is 8.69. The highest BCUT2D eigenvalue weighted by molar-refractivity contribution is 7.98. The van der Waals surface area contributed by atoms with E-state index >= 15 is 0 Å². The number of rotatable bonds is 8. The molecule has 1 saturated heterocycles. The molecule has 2 aliphatic rings. The molecule has 0 bridgehead atoms. The number of imide groups is 1. The number of carboxylic acids is 1. The van der Waals surface area contributed by atoms with Gasteiger partial charge in [-0.25, -0.2) is 14.5 Å². The molecule has 3 aromatic carbocycles. The maximum atomic E-state index is 14.3. The van der Waals surface area contributed by atoms with Gasteiger partial charge in [0.25, 0.3) is 11.8 Å². The Morgan fingerprint density at radius 1 is 1.05 bits per heavy atom. The van der Waals surface area contributed by atoms with Gasteiger partial charge >= 0.3 is 12.0 Å². The lowest BCUT2D eigenvalue weighted by atomic mass is 9.88. The van der Waals surface area contributed by atoms with E-state index in [1.165, 1.54) is 17.8 Å². The summed E-state index contributed by atoms with van der Waals surface area (Å²) in [5.74, 6) is -1.68. The molecule has 6 rings (SSSR count). The number of urea groups is 1. The third-order valence-electron chi connectivity index (χ3n) is 8.05. The van der Waals surface area contributed by atoms with E-state index in [0.717, 1.165) is 38.2 Å². The zero-order valence-corrected chi connectivity index (χ0v) is 24.0. The number of H-pyrrole nitrogens is 1. The molecule has 0 unspecified atom stereocenters. The summed E-state index contributed by atoms with van der Waals surface area (Å²) < 4.78 is 0. The minimum absolute atomic E-state index is 0.0605. The summed E-state index contributed by atoms with van der Waals surface area (Å²) in [5, 5.41) is 13.2. The highest BCUT2D eigenvalue weighted by atomic mass is 32.2. The molecule has 3 heterocycles. The molecule has 1 aromatic heterocycles. The molecule has 3 N–H and O–H groups in total. The molecule has 3 atom stereocenters.